The summed E-state index contributed by atoms with van der Waals surface area (Å²) in [5, 5.41) is 16.8. The van der Waals surface area contributed by atoms with Crippen molar-refractivity contribution >= 4 is 29.9 Å². The quantitative estimate of drug-likeness (QED) is 0.339. The Morgan fingerprint density at radius 3 is 2.75 bits per heavy atom. The Kier molecular flexibility index (Phi) is 7.40. The van der Waals surface area contributed by atoms with Crippen molar-refractivity contribution < 1.29 is 14.6 Å². The fraction of sp³-hybridized carbons (Fsp3) is 0.381. The number of phenolic OH excluding ortho intramolecular Hbond substituents is 1. The van der Waals surface area contributed by atoms with Gasteiger partial charge in [-0.25, -0.2) is 0 Å². The predicted molar refractivity (Wildman–Crippen MR) is 122 cm³/mol. The van der Waals surface area contributed by atoms with E-state index in [1.165, 1.54) is 0 Å². The fourth-order valence-electron chi connectivity index (χ4n) is 3.30. The number of phenols is 1. The van der Waals surface area contributed by atoms with E-state index in [-0.39, 0.29) is 41.4 Å². The maximum absolute atomic E-state index is 10.1. The number of fused-ring (bicyclic) bond motifs is 1. The fourth-order valence-corrected chi connectivity index (χ4v) is 3.30. The molecule has 7 heteroatoms. The van der Waals surface area contributed by atoms with Crippen molar-refractivity contribution in [2.24, 2.45) is 4.99 Å². The van der Waals surface area contributed by atoms with Gasteiger partial charge in [0.1, 0.15) is 22.8 Å². The van der Waals surface area contributed by atoms with E-state index in [4.69, 9.17) is 9.47 Å². The minimum atomic E-state index is -0.268. The van der Waals surface area contributed by atoms with Crippen LogP contribution in [0.2, 0.25) is 0 Å². The van der Waals surface area contributed by atoms with Crippen molar-refractivity contribution in [1.82, 2.24) is 10.6 Å². The number of hydrogen-bond donors (Lipinski definition) is 3. The standard InChI is InChI=1S/C21H27N3O3.HI/c1-21(2)12-17(16-7-5-6-8-19(16)27-21)24-20(22-3)23-13-14-11-15(26-4)9-10-18(14)25;/h5-11,17,25H,12-13H2,1-4H3,(H2,22,23,24);1H. The average Bonchev–Trinajstić information content (AvgIpc) is 2.65. The molecule has 1 aliphatic heterocycles. The van der Waals surface area contributed by atoms with Crippen molar-refractivity contribution in [3.05, 3.63) is 53.6 Å². The first kappa shape index (κ1) is 22.1. The van der Waals surface area contributed by atoms with Crippen molar-refractivity contribution in [2.75, 3.05) is 14.2 Å². The van der Waals surface area contributed by atoms with Crippen LogP contribution >= 0.6 is 24.0 Å². The van der Waals surface area contributed by atoms with Gasteiger partial charge in [0, 0.05) is 31.1 Å². The molecule has 0 saturated heterocycles. The van der Waals surface area contributed by atoms with Gasteiger partial charge >= 0.3 is 0 Å². The molecule has 1 heterocycles. The number of rotatable bonds is 4. The molecule has 0 spiro atoms. The maximum atomic E-state index is 10.1. The highest BCUT2D eigenvalue weighted by molar-refractivity contribution is 14.0. The number of hydrogen-bond acceptors (Lipinski definition) is 4. The van der Waals surface area contributed by atoms with Crippen LogP contribution in [0.25, 0.3) is 0 Å². The van der Waals surface area contributed by atoms with Crippen LogP contribution in [-0.4, -0.2) is 30.8 Å². The van der Waals surface area contributed by atoms with Crippen molar-refractivity contribution in [2.45, 2.75) is 38.5 Å². The molecule has 152 valence electrons. The molecule has 0 saturated carbocycles. The molecule has 0 aliphatic carbocycles. The largest absolute Gasteiger partial charge is 0.508 e. The lowest BCUT2D eigenvalue weighted by atomic mass is 9.90. The van der Waals surface area contributed by atoms with Gasteiger partial charge in [-0.3, -0.25) is 4.99 Å². The summed E-state index contributed by atoms with van der Waals surface area (Å²) in [6, 6.07) is 13.3. The number of aliphatic imine (C=N–C) groups is 1. The molecule has 3 rings (SSSR count). The van der Waals surface area contributed by atoms with Crippen molar-refractivity contribution in [3.8, 4) is 17.2 Å². The van der Waals surface area contributed by atoms with Crippen LogP contribution < -0.4 is 20.1 Å². The Balaban J connectivity index is 0.00000280. The topological polar surface area (TPSA) is 75.1 Å². The predicted octanol–water partition coefficient (Wildman–Crippen LogP) is 3.99. The monoisotopic (exact) mass is 497 g/mol. The molecule has 0 aromatic heterocycles. The molecular weight excluding hydrogens is 469 g/mol. The minimum Gasteiger partial charge on any atom is -0.508 e. The molecule has 1 atom stereocenters. The van der Waals surface area contributed by atoms with Crippen LogP contribution in [0.1, 0.15) is 37.4 Å². The summed E-state index contributed by atoms with van der Waals surface area (Å²) in [6.45, 7) is 4.60. The van der Waals surface area contributed by atoms with E-state index in [0.717, 1.165) is 23.3 Å². The van der Waals surface area contributed by atoms with E-state index in [1.54, 1.807) is 26.3 Å². The lowest BCUT2D eigenvalue weighted by Crippen LogP contribution is -2.45. The molecular formula is C21H28IN3O3. The lowest BCUT2D eigenvalue weighted by Gasteiger charge is -2.38. The molecule has 0 fully saturated rings. The number of guanidine groups is 1. The maximum Gasteiger partial charge on any atom is 0.191 e. The molecule has 1 unspecified atom stereocenters. The van der Waals surface area contributed by atoms with Gasteiger partial charge in [-0.05, 0) is 38.1 Å². The third-order valence-electron chi connectivity index (χ3n) is 4.64. The molecule has 28 heavy (non-hydrogen) atoms. The lowest BCUT2D eigenvalue weighted by molar-refractivity contribution is 0.0694. The zero-order valence-corrected chi connectivity index (χ0v) is 19.0. The van der Waals surface area contributed by atoms with E-state index < -0.39 is 0 Å². The van der Waals surface area contributed by atoms with Crippen LogP contribution in [0.5, 0.6) is 17.2 Å². The molecule has 6 nitrogen and oxygen atoms in total. The second-order valence-electron chi connectivity index (χ2n) is 7.22. The summed E-state index contributed by atoms with van der Waals surface area (Å²) in [5.41, 5.74) is 1.59. The molecule has 2 aromatic carbocycles. The molecule has 0 bridgehead atoms. The second-order valence-corrected chi connectivity index (χ2v) is 7.22. The second kappa shape index (κ2) is 9.36. The Morgan fingerprint density at radius 2 is 2.04 bits per heavy atom. The average molecular weight is 497 g/mol. The molecule has 3 N–H and O–H groups in total. The number of benzene rings is 2. The van der Waals surface area contributed by atoms with Gasteiger partial charge < -0.3 is 25.2 Å². The van der Waals surface area contributed by atoms with E-state index >= 15 is 0 Å². The Bertz CT molecular complexity index is 839. The third-order valence-corrected chi connectivity index (χ3v) is 4.64. The number of methoxy groups -OCH3 is 1. The van der Waals surface area contributed by atoms with Crippen LogP contribution in [0, 0.1) is 0 Å². The van der Waals surface area contributed by atoms with E-state index in [1.807, 2.05) is 24.3 Å². The smallest absolute Gasteiger partial charge is 0.191 e. The molecule has 0 amide bonds. The van der Waals surface area contributed by atoms with Gasteiger partial charge in [-0.15, -0.1) is 24.0 Å². The number of nitrogens with one attached hydrogen (secondary N) is 2. The number of para-hydroxylation sites is 1. The first-order chi connectivity index (χ1) is 12.9. The summed E-state index contributed by atoms with van der Waals surface area (Å²) in [4.78, 5) is 4.33. The first-order valence-corrected chi connectivity index (χ1v) is 9.03. The zero-order chi connectivity index (χ0) is 19.4. The highest BCUT2D eigenvalue weighted by atomic mass is 127. The van der Waals surface area contributed by atoms with Crippen molar-refractivity contribution in [1.29, 1.82) is 0 Å². The number of halogens is 1. The Morgan fingerprint density at radius 1 is 1.29 bits per heavy atom. The van der Waals surface area contributed by atoms with E-state index in [9.17, 15) is 5.11 Å². The number of ether oxygens (including phenoxy) is 2. The molecule has 1 aliphatic rings. The van der Waals surface area contributed by atoms with Gasteiger partial charge in [0.05, 0.1) is 13.2 Å². The Hall–Kier alpha value is -2.16. The Labute approximate surface area is 183 Å². The summed E-state index contributed by atoms with van der Waals surface area (Å²) < 4.78 is 11.3. The third kappa shape index (κ3) is 5.21. The van der Waals surface area contributed by atoms with Crippen LogP contribution in [-0.2, 0) is 6.54 Å². The first-order valence-electron chi connectivity index (χ1n) is 9.03. The highest BCUT2D eigenvalue weighted by Crippen LogP contribution is 2.39. The number of nitrogens with zero attached hydrogens (tertiary/aromatic N) is 1. The summed E-state index contributed by atoms with van der Waals surface area (Å²) in [7, 11) is 3.34. The normalized spacial score (nSPS) is 17.6. The van der Waals surface area contributed by atoms with Crippen LogP contribution in [0.15, 0.2) is 47.5 Å². The van der Waals surface area contributed by atoms with E-state index in [0.29, 0.717) is 18.3 Å². The minimum absolute atomic E-state index is 0. The SMILES string of the molecule is CN=C(NCc1cc(OC)ccc1O)NC1CC(C)(C)Oc2ccccc21.I. The zero-order valence-electron chi connectivity index (χ0n) is 16.7. The summed E-state index contributed by atoms with van der Waals surface area (Å²) in [5.74, 6) is 2.48. The van der Waals surface area contributed by atoms with Gasteiger partial charge in [-0.1, -0.05) is 18.2 Å². The molecule has 0 radical (unpaired) electrons. The number of aromatic hydroxyl groups is 1. The van der Waals surface area contributed by atoms with Gasteiger partial charge in [0.25, 0.3) is 0 Å². The highest BCUT2D eigenvalue weighted by Gasteiger charge is 2.33. The molecule has 2 aromatic rings. The van der Waals surface area contributed by atoms with Crippen molar-refractivity contribution in [3.63, 3.8) is 0 Å². The summed E-state index contributed by atoms with van der Waals surface area (Å²) in [6.07, 6.45) is 0.815. The van der Waals surface area contributed by atoms with Crippen LogP contribution in [0.4, 0.5) is 0 Å². The van der Waals surface area contributed by atoms with E-state index in [2.05, 4.69) is 35.5 Å². The van der Waals surface area contributed by atoms with Crippen LogP contribution in [0.3, 0.4) is 0 Å². The van der Waals surface area contributed by atoms with Gasteiger partial charge in [0.15, 0.2) is 5.96 Å². The summed E-state index contributed by atoms with van der Waals surface area (Å²) >= 11 is 0. The van der Waals surface area contributed by atoms with Gasteiger partial charge in [-0.2, -0.15) is 0 Å². The van der Waals surface area contributed by atoms with Gasteiger partial charge in [0.2, 0.25) is 0 Å².